The zero-order valence-electron chi connectivity index (χ0n) is 15.9. The van der Waals surface area contributed by atoms with Crippen LogP contribution in [0.2, 0.25) is 0 Å². The number of rotatable bonds is 7. The van der Waals surface area contributed by atoms with Gasteiger partial charge in [-0.1, -0.05) is 20.8 Å². The third-order valence-corrected chi connectivity index (χ3v) is 4.25. The van der Waals surface area contributed by atoms with Crippen LogP contribution < -0.4 is 10.6 Å². The van der Waals surface area contributed by atoms with Gasteiger partial charge in [-0.15, -0.1) is 0 Å². The fraction of sp³-hybridized carbons (Fsp3) is 0.944. The number of nitrogens with one attached hydrogen (secondary N) is 2. The predicted octanol–water partition coefficient (Wildman–Crippen LogP) is 3.00. The molecule has 0 aromatic heterocycles. The molecule has 1 aliphatic heterocycles. The molecular formula is C18H37N3O2. The van der Waals surface area contributed by atoms with Gasteiger partial charge in [-0.05, 0) is 65.6 Å². The Kier molecular flexibility index (Phi) is 8.34. The van der Waals surface area contributed by atoms with Crippen LogP contribution in [0.5, 0.6) is 0 Å². The van der Waals surface area contributed by atoms with Crippen molar-refractivity contribution in [2.75, 3.05) is 26.2 Å². The fourth-order valence-corrected chi connectivity index (χ4v) is 2.94. The van der Waals surface area contributed by atoms with E-state index in [9.17, 15) is 4.79 Å². The maximum absolute atomic E-state index is 11.8. The van der Waals surface area contributed by atoms with Gasteiger partial charge < -0.3 is 20.3 Å². The molecule has 0 saturated carbocycles. The molecule has 1 fully saturated rings. The molecule has 0 aromatic carbocycles. The molecule has 2 N–H and O–H groups in total. The summed E-state index contributed by atoms with van der Waals surface area (Å²) in [7, 11) is 0. The van der Waals surface area contributed by atoms with Crippen LogP contribution in [0.3, 0.4) is 0 Å². The first-order valence-electron chi connectivity index (χ1n) is 9.16. The molecule has 5 heteroatoms. The lowest BCUT2D eigenvalue weighted by atomic mass is 9.99. The first kappa shape index (κ1) is 20.2. The standard InChI is InChI=1S/C18H37N3O2/c1-7-10-21-11-8-15(9-12-21)20-16(14(2)3)13-19-17(22)23-18(4,5)6/h14-16,20H,7-13H2,1-6H3,(H,19,22). The maximum atomic E-state index is 11.8. The highest BCUT2D eigenvalue weighted by Gasteiger charge is 2.24. The molecule has 23 heavy (non-hydrogen) atoms. The van der Waals surface area contributed by atoms with E-state index in [0.717, 1.165) is 0 Å². The number of alkyl carbamates (subject to hydrolysis) is 1. The predicted molar refractivity (Wildman–Crippen MR) is 95.8 cm³/mol. The molecule has 136 valence electrons. The van der Waals surface area contributed by atoms with E-state index in [2.05, 4.69) is 36.3 Å². The topological polar surface area (TPSA) is 53.6 Å². The van der Waals surface area contributed by atoms with Crippen LogP contribution in [-0.4, -0.2) is 54.9 Å². The average Bonchev–Trinajstić information content (AvgIpc) is 2.43. The second kappa shape index (κ2) is 9.48. The van der Waals surface area contributed by atoms with E-state index >= 15 is 0 Å². The van der Waals surface area contributed by atoms with Gasteiger partial charge >= 0.3 is 6.09 Å². The van der Waals surface area contributed by atoms with Gasteiger partial charge in [0.05, 0.1) is 0 Å². The maximum Gasteiger partial charge on any atom is 0.407 e. The lowest BCUT2D eigenvalue weighted by molar-refractivity contribution is 0.0517. The minimum absolute atomic E-state index is 0.283. The van der Waals surface area contributed by atoms with E-state index in [4.69, 9.17) is 4.74 Å². The minimum atomic E-state index is -0.447. The van der Waals surface area contributed by atoms with Gasteiger partial charge in [-0.25, -0.2) is 4.79 Å². The molecule has 5 nitrogen and oxygen atoms in total. The van der Waals surface area contributed by atoms with E-state index in [1.165, 1.54) is 38.9 Å². The molecule has 1 amide bonds. The van der Waals surface area contributed by atoms with Crippen molar-refractivity contribution in [3.8, 4) is 0 Å². The number of carbonyl (C=O) groups is 1. The summed E-state index contributed by atoms with van der Waals surface area (Å²) in [5, 5.41) is 6.64. The SMILES string of the molecule is CCCN1CCC(NC(CNC(=O)OC(C)(C)C)C(C)C)CC1. The van der Waals surface area contributed by atoms with Gasteiger partial charge in [0, 0.05) is 18.6 Å². The monoisotopic (exact) mass is 327 g/mol. The number of nitrogens with zero attached hydrogens (tertiary/aromatic N) is 1. The molecule has 0 radical (unpaired) electrons. The number of ether oxygens (including phenoxy) is 1. The first-order valence-corrected chi connectivity index (χ1v) is 9.16. The summed E-state index contributed by atoms with van der Waals surface area (Å²) in [6.07, 6.45) is 3.28. The van der Waals surface area contributed by atoms with E-state index in [1.54, 1.807) is 0 Å². The third-order valence-electron chi connectivity index (χ3n) is 4.25. The Bertz CT molecular complexity index is 345. The molecular weight excluding hydrogens is 290 g/mol. The fourth-order valence-electron chi connectivity index (χ4n) is 2.94. The molecule has 1 aliphatic rings. The van der Waals surface area contributed by atoms with Gasteiger partial charge in [0.15, 0.2) is 0 Å². The smallest absolute Gasteiger partial charge is 0.407 e. The van der Waals surface area contributed by atoms with Crippen molar-refractivity contribution in [3.63, 3.8) is 0 Å². The lowest BCUT2D eigenvalue weighted by Crippen LogP contribution is -2.52. The van der Waals surface area contributed by atoms with Crippen LogP contribution in [0.15, 0.2) is 0 Å². The Balaban J connectivity index is 2.37. The normalized spacial score (nSPS) is 18.9. The molecule has 0 aliphatic carbocycles. The van der Waals surface area contributed by atoms with E-state index in [-0.39, 0.29) is 12.1 Å². The Morgan fingerprint density at radius 3 is 2.35 bits per heavy atom. The van der Waals surface area contributed by atoms with Crippen molar-refractivity contribution in [2.45, 2.75) is 78.5 Å². The van der Waals surface area contributed by atoms with E-state index in [0.29, 0.717) is 18.5 Å². The number of hydrogen-bond donors (Lipinski definition) is 2. The number of likely N-dealkylation sites (tertiary alicyclic amines) is 1. The molecule has 1 saturated heterocycles. The van der Waals surface area contributed by atoms with Crippen molar-refractivity contribution in [1.82, 2.24) is 15.5 Å². The van der Waals surface area contributed by atoms with Crippen LogP contribution in [0.4, 0.5) is 4.79 Å². The highest BCUT2D eigenvalue weighted by atomic mass is 16.6. The van der Waals surface area contributed by atoms with Crippen molar-refractivity contribution >= 4 is 6.09 Å². The molecule has 0 aromatic rings. The summed E-state index contributed by atoms with van der Waals surface area (Å²) >= 11 is 0. The van der Waals surface area contributed by atoms with Gasteiger partial charge in [-0.3, -0.25) is 0 Å². The molecule has 1 unspecified atom stereocenters. The number of hydrogen-bond acceptors (Lipinski definition) is 4. The summed E-state index contributed by atoms with van der Waals surface area (Å²) in [6, 6.07) is 0.834. The second-order valence-electron chi connectivity index (χ2n) is 8.02. The highest BCUT2D eigenvalue weighted by molar-refractivity contribution is 5.67. The van der Waals surface area contributed by atoms with Crippen molar-refractivity contribution in [2.24, 2.45) is 5.92 Å². The van der Waals surface area contributed by atoms with Crippen molar-refractivity contribution in [1.29, 1.82) is 0 Å². The molecule has 1 atom stereocenters. The van der Waals surface area contributed by atoms with Crippen molar-refractivity contribution < 1.29 is 9.53 Å². The quantitative estimate of drug-likeness (QED) is 0.755. The third kappa shape index (κ3) is 8.56. The van der Waals surface area contributed by atoms with Crippen LogP contribution in [-0.2, 0) is 4.74 Å². The number of amides is 1. The number of piperidine rings is 1. The minimum Gasteiger partial charge on any atom is -0.444 e. The molecule has 1 heterocycles. The van der Waals surface area contributed by atoms with Crippen LogP contribution in [0.1, 0.15) is 60.8 Å². The van der Waals surface area contributed by atoms with Gasteiger partial charge in [-0.2, -0.15) is 0 Å². The molecule has 0 bridgehead atoms. The Hall–Kier alpha value is -0.810. The van der Waals surface area contributed by atoms with Crippen molar-refractivity contribution in [3.05, 3.63) is 0 Å². The summed E-state index contributed by atoms with van der Waals surface area (Å²) in [5.41, 5.74) is -0.447. The molecule has 1 rings (SSSR count). The zero-order valence-corrected chi connectivity index (χ0v) is 15.9. The zero-order chi connectivity index (χ0) is 17.5. The summed E-state index contributed by atoms with van der Waals surface area (Å²) in [6.45, 7) is 16.5. The average molecular weight is 328 g/mol. The Labute approximate surface area is 142 Å². The first-order chi connectivity index (χ1) is 10.7. The summed E-state index contributed by atoms with van der Waals surface area (Å²) in [4.78, 5) is 14.4. The largest absolute Gasteiger partial charge is 0.444 e. The molecule has 0 spiro atoms. The second-order valence-corrected chi connectivity index (χ2v) is 8.02. The van der Waals surface area contributed by atoms with Gasteiger partial charge in [0.2, 0.25) is 0 Å². The van der Waals surface area contributed by atoms with Crippen LogP contribution in [0, 0.1) is 5.92 Å². The Morgan fingerprint density at radius 1 is 1.26 bits per heavy atom. The van der Waals surface area contributed by atoms with Gasteiger partial charge in [0.1, 0.15) is 5.60 Å². The van der Waals surface area contributed by atoms with Crippen LogP contribution in [0.25, 0.3) is 0 Å². The van der Waals surface area contributed by atoms with E-state index < -0.39 is 5.60 Å². The van der Waals surface area contributed by atoms with Crippen LogP contribution >= 0.6 is 0 Å². The number of carbonyl (C=O) groups excluding carboxylic acids is 1. The summed E-state index contributed by atoms with van der Waals surface area (Å²) in [5.74, 6) is 0.471. The lowest BCUT2D eigenvalue weighted by Gasteiger charge is -2.35. The summed E-state index contributed by atoms with van der Waals surface area (Å²) < 4.78 is 5.31. The highest BCUT2D eigenvalue weighted by Crippen LogP contribution is 2.13. The van der Waals surface area contributed by atoms with Gasteiger partial charge in [0.25, 0.3) is 0 Å². The van der Waals surface area contributed by atoms with E-state index in [1.807, 2.05) is 20.8 Å². The Morgan fingerprint density at radius 2 is 1.87 bits per heavy atom.